The summed E-state index contributed by atoms with van der Waals surface area (Å²) in [5.41, 5.74) is 5.64. The maximum atomic E-state index is 11.8. The molecule has 1 amide bonds. The maximum Gasteiger partial charge on any atom is 0.224 e. The summed E-state index contributed by atoms with van der Waals surface area (Å²) in [6.45, 7) is 5.12. The van der Waals surface area contributed by atoms with E-state index in [9.17, 15) is 4.79 Å². The van der Waals surface area contributed by atoms with E-state index in [1.165, 1.54) is 0 Å². The van der Waals surface area contributed by atoms with Crippen LogP contribution in [0.15, 0.2) is 11.6 Å². The molecular weight excluding hydrogens is 236 g/mol. The molecule has 2 rings (SSSR count). The first-order valence-corrected chi connectivity index (χ1v) is 6.72. The van der Waals surface area contributed by atoms with Gasteiger partial charge in [-0.1, -0.05) is 0 Å². The van der Waals surface area contributed by atoms with Gasteiger partial charge in [0.1, 0.15) is 0 Å². The van der Waals surface area contributed by atoms with Gasteiger partial charge in [0.15, 0.2) is 5.13 Å². The molecule has 5 nitrogen and oxygen atoms in total. The molecule has 94 valence electrons. The summed E-state index contributed by atoms with van der Waals surface area (Å²) in [4.78, 5) is 20.2. The summed E-state index contributed by atoms with van der Waals surface area (Å²) >= 11 is 1.64. The Hall–Kier alpha value is -1.14. The first kappa shape index (κ1) is 12.3. The fourth-order valence-electron chi connectivity index (χ4n) is 1.92. The highest BCUT2D eigenvalue weighted by atomic mass is 32.1. The highest BCUT2D eigenvalue weighted by molar-refractivity contribution is 7.13. The van der Waals surface area contributed by atoms with Gasteiger partial charge in [0, 0.05) is 50.2 Å². The van der Waals surface area contributed by atoms with Crippen molar-refractivity contribution < 1.29 is 4.79 Å². The lowest BCUT2D eigenvalue weighted by molar-refractivity contribution is -0.131. The Morgan fingerprint density at radius 3 is 2.76 bits per heavy atom. The van der Waals surface area contributed by atoms with Gasteiger partial charge in [-0.25, -0.2) is 4.98 Å². The molecule has 1 aliphatic rings. The zero-order chi connectivity index (χ0) is 12.3. The molecule has 2 heterocycles. The minimum Gasteiger partial charge on any atom is -0.345 e. The van der Waals surface area contributed by atoms with Crippen LogP contribution >= 0.6 is 11.3 Å². The first-order valence-electron chi connectivity index (χ1n) is 5.84. The van der Waals surface area contributed by atoms with Gasteiger partial charge < -0.3 is 15.5 Å². The molecule has 1 aliphatic heterocycles. The Morgan fingerprint density at radius 1 is 1.53 bits per heavy atom. The normalized spacial score (nSPS) is 18.2. The number of hydrogen-bond donors (Lipinski definition) is 1. The van der Waals surface area contributed by atoms with E-state index in [-0.39, 0.29) is 11.9 Å². The predicted molar refractivity (Wildman–Crippen MR) is 69.2 cm³/mol. The number of amides is 1. The Morgan fingerprint density at radius 2 is 2.24 bits per heavy atom. The number of carbonyl (C=O) groups excluding carboxylic acids is 1. The number of carbonyl (C=O) groups is 1. The number of anilines is 1. The van der Waals surface area contributed by atoms with Crippen LogP contribution in [0.1, 0.15) is 13.3 Å². The van der Waals surface area contributed by atoms with Gasteiger partial charge in [0.05, 0.1) is 0 Å². The van der Waals surface area contributed by atoms with Gasteiger partial charge in [-0.05, 0) is 6.92 Å². The van der Waals surface area contributed by atoms with Crippen molar-refractivity contribution in [3.63, 3.8) is 0 Å². The van der Waals surface area contributed by atoms with Crippen molar-refractivity contribution in [2.24, 2.45) is 5.73 Å². The Balaban J connectivity index is 1.84. The fourth-order valence-corrected chi connectivity index (χ4v) is 2.62. The second-order valence-corrected chi connectivity index (χ2v) is 5.24. The van der Waals surface area contributed by atoms with Crippen LogP contribution in [-0.4, -0.2) is 48.0 Å². The quantitative estimate of drug-likeness (QED) is 0.854. The average Bonchev–Trinajstić information content (AvgIpc) is 2.82. The molecule has 1 fully saturated rings. The van der Waals surface area contributed by atoms with E-state index in [1.54, 1.807) is 11.3 Å². The molecule has 0 bridgehead atoms. The zero-order valence-corrected chi connectivity index (χ0v) is 10.8. The highest BCUT2D eigenvalue weighted by Gasteiger charge is 2.22. The van der Waals surface area contributed by atoms with Crippen molar-refractivity contribution in [2.45, 2.75) is 19.4 Å². The lowest BCUT2D eigenvalue weighted by Crippen LogP contribution is -2.49. The maximum absolute atomic E-state index is 11.8. The molecule has 0 saturated carbocycles. The van der Waals surface area contributed by atoms with Gasteiger partial charge in [0.2, 0.25) is 5.91 Å². The Kier molecular flexibility index (Phi) is 3.96. The van der Waals surface area contributed by atoms with Gasteiger partial charge in [-0.15, -0.1) is 11.3 Å². The van der Waals surface area contributed by atoms with Gasteiger partial charge in [0.25, 0.3) is 0 Å². The highest BCUT2D eigenvalue weighted by Crippen LogP contribution is 2.19. The standard InChI is InChI=1S/C11H18N4OS/c1-9(12)8-10(16)14-3-5-15(6-4-14)11-13-2-7-17-11/h2,7,9H,3-6,8,12H2,1H3. The van der Waals surface area contributed by atoms with E-state index in [4.69, 9.17) is 5.73 Å². The number of nitrogens with two attached hydrogens (primary N) is 1. The molecular formula is C11H18N4OS. The van der Waals surface area contributed by atoms with E-state index in [0.717, 1.165) is 31.3 Å². The lowest BCUT2D eigenvalue weighted by Gasteiger charge is -2.34. The van der Waals surface area contributed by atoms with Crippen LogP contribution in [0.4, 0.5) is 5.13 Å². The Labute approximate surface area is 105 Å². The number of aromatic nitrogens is 1. The summed E-state index contributed by atoms with van der Waals surface area (Å²) in [6, 6.07) is -0.0560. The molecule has 0 radical (unpaired) electrons. The summed E-state index contributed by atoms with van der Waals surface area (Å²) in [5.74, 6) is 0.166. The second kappa shape index (κ2) is 5.46. The van der Waals surface area contributed by atoms with Crippen molar-refractivity contribution >= 4 is 22.4 Å². The van der Waals surface area contributed by atoms with Crippen LogP contribution in [-0.2, 0) is 4.79 Å². The van der Waals surface area contributed by atoms with Crippen LogP contribution in [0.5, 0.6) is 0 Å². The topological polar surface area (TPSA) is 62.5 Å². The molecule has 1 atom stereocenters. The molecule has 1 aromatic rings. The SMILES string of the molecule is CC(N)CC(=O)N1CCN(c2nccs2)CC1. The van der Waals surface area contributed by atoms with Gasteiger partial charge >= 0.3 is 0 Å². The van der Waals surface area contributed by atoms with Gasteiger partial charge in [-0.3, -0.25) is 4.79 Å². The largest absolute Gasteiger partial charge is 0.345 e. The van der Waals surface area contributed by atoms with E-state index >= 15 is 0 Å². The second-order valence-electron chi connectivity index (χ2n) is 4.36. The number of nitrogens with zero attached hydrogens (tertiary/aromatic N) is 3. The average molecular weight is 254 g/mol. The number of rotatable bonds is 3. The van der Waals surface area contributed by atoms with Crippen molar-refractivity contribution in [1.82, 2.24) is 9.88 Å². The van der Waals surface area contributed by atoms with Crippen LogP contribution in [0.3, 0.4) is 0 Å². The molecule has 1 unspecified atom stereocenters. The molecule has 1 aromatic heterocycles. The third-order valence-electron chi connectivity index (χ3n) is 2.82. The van der Waals surface area contributed by atoms with E-state index in [2.05, 4.69) is 9.88 Å². The zero-order valence-electron chi connectivity index (χ0n) is 10.0. The number of thiazole rings is 1. The summed E-state index contributed by atoms with van der Waals surface area (Å²) in [7, 11) is 0. The molecule has 6 heteroatoms. The van der Waals surface area contributed by atoms with Crippen LogP contribution in [0.2, 0.25) is 0 Å². The van der Waals surface area contributed by atoms with Crippen molar-refractivity contribution in [1.29, 1.82) is 0 Å². The summed E-state index contributed by atoms with van der Waals surface area (Å²) < 4.78 is 0. The lowest BCUT2D eigenvalue weighted by atomic mass is 10.2. The van der Waals surface area contributed by atoms with Crippen LogP contribution in [0, 0.1) is 0 Å². The fraction of sp³-hybridized carbons (Fsp3) is 0.636. The minimum absolute atomic E-state index is 0.0560. The molecule has 2 N–H and O–H groups in total. The molecule has 1 saturated heterocycles. The monoisotopic (exact) mass is 254 g/mol. The van der Waals surface area contributed by atoms with Gasteiger partial charge in [-0.2, -0.15) is 0 Å². The van der Waals surface area contributed by atoms with Crippen molar-refractivity contribution in [2.75, 3.05) is 31.1 Å². The predicted octanol–water partition coefficient (Wildman–Crippen LogP) is 0.529. The van der Waals surface area contributed by atoms with E-state index < -0.39 is 0 Å². The van der Waals surface area contributed by atoms with Crippen LogP contribution < -0.4 is 10.6 Å². The summed E-state index contributed by atoms with van der Waals surface area (Å²) in [5, 5.41) is 3.02. The Bertz CT molecular complexity index is 358. The van der Waals surface area contributed by atoms with Crippen molar-refractivity contribution in [3.8, 4) is 0 Å². The van der Waals surface area contributed by atoms with Crippen molar-refractivity contribution in [3.05, 3.63) is 11.6 Å². The smallest absolute Gasteiger partial charge is 0.224 e. The third kappa shape index (κ3) is 3.17. The molecule has 0 spiro atoms. The third-order valence-corrected chi connectivity index (χ3v) is 3.65. The molecule has 0 aromatic carbocycles. The number of piperazine rings is 1. The molecule has 17 heavy (non-hydrogen) atoms. The van der Waals surface area contributed by atoms with E-state index in [1.807, 2.05) is 23.4 Å². The minimum atomic E-state index is -0.0560. The van der Waals surface area contributed by atoms with Crippen LogP contribution in [0.25, 0.3) is 0 Å². The van der Waals surface area contributed by atoms with E-state index in [0.29, 0.717) is 6.42 Å². The first-order chi connectivity index (χ1) is 8.16. The summed E-state index contributed by atoms with van der Waals surface area (Å²) in [6.07, 6.45) is 2.25. The molecule has 0 aliphatic carbocycles. The number of hydrogen-bond acceptors (Lipinski definition) is 5.